The van der Waals surface area contributed by atoms with Crippen molar-refractivity contribution in [3.8, 4) is 11.5 Å². The molecule has 0 saturated carbocycles. The second kappa shape index (κ2) is 6.26. The minimum atomic E-state index is 0.0250. The highest BCUT2D eigenvalue weighted by molar-refractivity contribution is 5.88. The molecule has 0 spiro atoms. The number of hydrogen-bond donors (Lipinski definition) is 1. The van der Waals surface area contributed by atoms with Crippen LogP contribution in [-0.2, 0) is 6.42 Å². The minimum Gasteiger partial charge on any atom is -0.493 e. The number of anilines is 1. The fourth-order valence-electron chi connectivity index (χ4n) is 3.39. The van der Waals surface area contributed by atoms with E-state index in [1.165, 1.54) is 0 Å². The van der Waals surface area contributed by atoms with Crippen molar-refractivity contribution in [2.75, 3.05) is 20.0 Å². The summed E-state index contributed by atoms with van der Waals surface area (Å²) in [6.07, 6.45) is 3.46. The van der Waals surface area contributed by atoms with Crippen molar-refractivity contribution >= 4 is 28.3 Å². The van der Waals surface area contributed by atoms with Gasteiger partial charge in [-0.25, -0.2) is 0 Å². The van der Waals surface area contributed by atoms with Crippen LogP contribution in [0, 0.1) is 0 Å². The number of nitrogen functional groups attached to an aromatic ring is 1. The molecular weight excluding hydrogens is 330 g/mol. The maximum absolute atomic E-state index is 12.7. The molecule has 0 saturated heterocycles. The van der Waals surface area contributed by atoms with Crippen LogP contribution in [0.5, 0.6) is 11.5 Å². The number of allylic oxidation sites excluding steroid dienone is 1. The Morgan fingerprint density at radius 1 is 1.04 bits per heavy atom. The van der Waals surface area contributed by atoms with E-state index in [1.54, 1.807) is 32.4 Å². The van der Waals surface area contributed by atoms with Gasteiger partial charge in [0.15, 0.2) is 16.9 Å². The van der Waals surface area contributed by atoms with Gasteiger partial charge >= 0.3 is 0 Å². The first kappa shape index (κ1) is 16.3. The Morgan fingerprint density at radius 2 is 1.85 bits per heavy atom. The number of rotatable bonds is 3. The van der Waals surface area contributed by atoms with Gasteiger partial charge in [0.25, 0.3) is 0 Å². The maximum Gasteiger partial charge on any atom is 0.196 e. The second-order valence-corrected chi connectivity index (χ2v) is 6.28. The topological polar surface area (TPSA) is 74.7 Å². The lowest BCUT2D eigenvalue weighted by Crippen LogP contribution is -2.08. The summed E-state index contributed by atoms with van der Waals surface area (Å²) < 4.78 is 16.7. The molecule has 26 heavy (non-hydrogen) atoms. The second-order valence-electron chi connectivity index (χ2n) is 6.28. The van der Waals surface area contributed by atoms with Crippen LogP contribution in [0.15, 0.2) is 45.6 Å². The van der Waals surface area contributed by atoms with E-state index in [-0.39, 0.29) is 5.43 Å². The van der Waals surface area contributed by atoms with Gasteiger partial charge in [-0.3, -0.25) is 4.79 Å². The molecule has 4 rings (SSSR count). The van der Waals surface area contributed by atoms with E-state index in [0.29, 0.717) is 40.3 Å². The zero-order valence-electron chi connectivity index (χ0n) is 14.7. The molecule has 1 aliphatic carbocycles. The molecule has 5 heteroatoms. The molecule has 1 aliphatic rings. The Labute approximate surface area is 150 Å². The van der Waals surface area contributed by atoms with Crippen LogP contribution in [0.25, 0.3) is 22.6 Å². The van der Waals surface area contributed by atoms with Crippen LogP contribution in [0.3, 0.4) is 0 Å². The summed E-state index contributed by atoms with van der Waals surface area (Å²) in [7, 11) is 3.21. The monoisotopic (exact) mass is 349 g/mol. The van der Waals surface area contributed by atoms with Gasteiger partial charge in [-0.05, 0) is 54.3 Å². The molecule has 0 bridgehead atoms. The average Bonchev–Trinajstić information content (AvgIpc) is 3.04. The Hall–Kier alpha value is -3.21. The van der Waals surface area contributed by atoms with Crippen LogP contribution in [-0.4, -0.2) is 14.2 Å². The summed E-state index contributed by atoms with van der Waals surface area (Å²) in [4.78, 5) is 12.7. The van der Waals surface area contributed by atoms with Crippen molar-refractivity contribution in [1.29, 1.82) is 0 Å². The minimum absolute atomic E-state index is 0.0250. The lowest BCUT2D eigenvalue weighted by molar-refractivity contribution is 0.355. The van der Waals surface area contributed by atoms with Crippen LogP contribution in [0.2, 0.25) is 0 Å². The van der Waals surface area contributed by atoms with E-state index in [9.17, 15) is 4.79 Å². The molecule has 0 unspecified atom stereocenters. The van der Waals surface area contributed by atoms with Crippen molar-refractivity contribution in [3.63, 3.8) is 0 Å². The fourth-order valence-corrected chi connectivity index (χ4v) is 3.39. The number of fused-ring (bicyclic) bond motifs is 2. The molecule has 2 N–H and O–H groups in total. The van der Waals surface area contributed by atoms with E-state index in [2.05, 4.69) is 0 Å². The van der Waals surface area contributed by atoms with Crippen LogP contribution in [0.4, 0.5) is 5.69 Å². The molecule has 0 amide bonds. The molecule has 0 radical (unpaired) electrons. The normalized spacial score (nSPS) is 14.6. The Balaban J connectivity index is 1.84. The van der Waals surface area contributed by atoms with Gasteiger partial charge in [0.2, 0.25) is 0 Å². The number of nitrogens with two attached hydrogens (primary N) is 1. The van der Waals surface area contributed by atoms with Gasteiger partial charge in [-0.2, -0.15) is 0 Å². The van der Waals surface area contributed by atoms with E-state index >= 15 is 0 Å². The van der Waals surface area contributed by atoms with Gasteiger partial charge in [0.1, 0.15) is 11.3 Å². The number of methoxy groups -OCH3 is 2. The first-order valence-electron chi connectivity index (χ1n) is 8.39. The summed E-state index contributed by atoms with van der Waals surface area (Å²) in [5.41, 5.74) is 9.64. The molecular formula is C21H19NO4. The van der Waals surface area contributed by atoms with Crippen LogP contribution in [0.1, 0.15) is 23.3 Å². The average molecular weight is 349 g/mol. The van der Waals surface area contributed by atoms with Gasteiger partial charge in [-0.1, -0.05) is 6.07 Å². The number of ether oxygens (including phenoxy) is 2. The van der Waals surface area contributed by atoms with E-state index in [4.69, 9.17) is 19.6 Å². The Morgan fingerprint density at radius 3 is 2.62 bits per heavy atom. The van der Waals surface area contributed by atoms with E-state index in [0.717, 1.165) is 23.1 Å². The van der Waals surface area contributed by atoms with Gasteiger partial charge in [0, 0.05) is 17.3 Å². The van der Waals surface area contributed by atoms with Crippen molar-refractivity contribution in [2.24, 2.45) is 0 Å². The molecule has 1 aromatic heterocycles. The zero-order chi connectivity index (χ0) is 18.3. The Bertz CT molecular complexity index is 1100. The van der Waals surface area contributed by atoms with E-state index < -0.39 is 0 Å². The molecule has 3 aromatic rings. The molecule has 0 atom stereocenters. The van der Waals surface area contributed by atoms with E-state index in [1.807, 2.05) is 24.3 Å². The van der Waals surface area contributed by atoms with Crippen molar-refractivity contribution in [3.05, 3.63) is 63.5 Å². The standard InChI is InChI=1S/C21H19NO4/c1-24-17-8-3-12(10-19(17)25-2)9-13-4-6-16-20(23)15-7-5-14(22)11-18(15)26-21(13)16/h3,5,7-11H,4,6,22H2,1-2H3. The predicted octanol–water partition coefficient (Wildman–Crippen LogP) is 3.88. The first-order valence-corrected chi connectivity index (χ1v) is 8.39. The predicted molar refractivity (Wildman–Crippen MR) is 103 cm³/mol. The van der Waals surface area contributed by atoms with Gasteiger partial charge in [0.05, 0.1) is 19.6 Å². The number of hydrogen-bond acceptors (Lipinski definition) is 5. The zero-order valence-corrected chi connectivity index (χ0v) is 14.7. The third-order valence-corrected chi connectivity index (χ3v) is 4.69. The summed E-state index contributed by atoms with van der Waals surface area (Å²) in [6, 6.07) is 10.9. The van der Waals surface area contributed by atoms with Crippen molar-refractivity contribution in [1.82, 2.24) is 0 Å². The van der Waals surface area contributed by atoms with Crippen molar-refractivity contribution in [2.45, 2.75) is 12.8 Å². The molecule has 2 aromatic carbocycles. The largest absolute Gasteiger partial charge is 0.493 e. The summed E-state index contributed by atoms with van der Waals surface area (Å²) in [5.74, 6) is 1.99. The SMILES string of the molecule is COc1ccc(C=C2CCc3c2oc2cc(N)ccc2c3=O)cc1OC. The molecule has 1 heterocycles. The maximum atomic E-state index is 12.7. The first-order chi connectivity index (χ1) is 12.6. The molecule has 5 nitrogen and oxygen atoms in total. The summed E-state index contributed by atoms with van der Waals surface area (Å²) in [5, 5.41) is 0.574. The Kier molecular flexibility index (Phi) is 3.92. The summed E-state index contributed by atoms with van der Waals surface area (Å²) in [6.45, 7) is 0. The number of benzene rings is 2. The molecule has 132 valence electrons. The lowest BCUT2D eigenvalue weighted by Gasteiger charge is -2.08. The lowest BCUT2D eigenvalue weighted by atomic mass is 10.1. The quantitative estimate of drug-likeness (QED) is 0.726. The fraction of sp³-hybridized carbons (Fsp3) is 0.190. The third kappa shape index (κ3) is 2.62. The molecule has 0 aliphatic heterocycles. The highest BCUT2D eigenvalue weighted by Crippen LogP contribution is 2.36. The van der Waals surface area contributed by atoms with Gasteiger partial charge < -0.3 is 19.6 Å². The van der Waals surface area contributed by atoms with Crippen LogP contribution >= 0.6 is 0 Å². The third-order valence-electron chi connectivity index (χ3n) is 4.69. The smallest absolute Gasteiger partial charge is 0.196 e. The van der Waals surface area contributed by atoms with Gasteiger partial charge in [-0.15, -0.1) is 0 Å². The summed E-state index contributed by atoms with van der Waals surface area (Å²) >= 11 is 0. The highest BCUT2D eigenvalue weighted by atomic mass is 16.5. The van der Waals surface area contributed by atoms with Crippen molar-refractivity contribution < 1.29 is 13.9 Å². The molecule has 0 fully saturated rings. The highest BCUT2D eigenvalue weighted by Gasteiger charge is 2.24. The van der Waals surface area contributed by atoms with Crippen LogP contribution < -0.4 is 20.6 Å².